The maximum atomic E-state index is 12.5. The van der Waals surface area contributed by atoms with Gasteiger partial charge in [-0.25, -0.2) is 0 Å². The highest BCUT2D eigenvalue weighted by molar-refractivity contribution is 5.88. The second kappa shape index (κ2) is 6.00. The summed E-state index contributed by atoms with van der Waals surface area (Å²) < 4.78 is 13.7. The predicted octanol–water partition coefficient (Wildman–Crippen LogP) is 3.08. The molecule has 2 bridgehead atoms. The van der Waals surface area contributed by atoms with Gasteiger partial charge in [-0.3, -0.25) is 4.79 Å². The monoisotopic (exact) mass is 313 g/mol. The molecule has 0 amide bonds. The Labute approximate surface area is 138 Å². The van der Waals surface area contributed by atoms with Gasteiger partial charge in [0.15, 0.2) is 0 Å². The zero-order valence-electron chi connectivity index (χ0n) is 14.5. The Bertz CT molecular complexity index is 757. The summed E-state index contributed by atoms with van der Waals surface area (Å²) in [6, 6.07) is 8.25. The first-order valence-corrected chi connectivity index (χ1v) is 8.52. The van der Waals surface area contributed by atoms with Gasteiger partial charge < -0.3 is 14.6 Å². The van der Waals surface area contributed by atoms with E-state index in [4.69, 9.17) is 6.11 Å². The van der Waals surface area contributed by atoms with E-state index in [0.717, 1.165) is 43.6 Å². The van der Waals surface area contributed by atoms with Crippen LogP contribution in [-0.4, -0.2) is 42.6 Å². The van der Waals surface area contributed by atoms with Crippen LogP contribution in [0.15, 0.2) is 24.3 Å². The molecule has 4 atom stereocenters. The quantitative estimate of drug-likeness (QED) is 0.823. The van der Waals surface area contributed by atoms with E-state index >= 15 is 0 Å². The summed E-state index contributed by atoms with van der Waals surface area (Å²) in [6.07, 6.45) is 3.70. The molecule has 4 nitrogen and oxygen atoms in total. The average molecular weight is 313 g/mol. The fourth-order valence-corrected chi connectivity index (χ4v) is 4.19. The number of methoxy groups -OCH3 is 1. The Morgan fingerprint density at radius 1 is 1.39 bits per heavy atom. The van der Waals surface area contributed by atoms with Gasteiger partial charge in [-0.1, -0.05) is 18.2 Å². The molecule has 0 aliphatic carbocycles. The second-order valence-corrected chi connectivity index (χ2v) is 6.71. The van der Waals surface area contributed by atoms with Crippen molar-refractivity contribution in [1.29, 1.82) is 0 Å². The molecule has 1 aromatic heterocycles. The molecule has 1 aromatic carbocycles. The molecule has 23 heavy (non-hydrogen) atoms. The molecule has 1 unspecified atom stereocenters. The zero-order chi connectivity index (χ0) is 16.7. The maximum Gasteiger partial charge on any atom is 0.314 e. The van der Waals surface area contributed by atoms with Crippen molar-refractivity contribution in [1.82, 2.24) is 9.88 Å². The van der Waals surface area contributed by atoms with E-state index in [0.29, 0.717) is 6.42 Å². The molecule has 4 rings (SSSR count). The first kappa shape index (κ1) is 13.6. The number of esters is 1. The molecule has 0 saturated carbocycles. The van der Waals surface area contributed by atoms with Crippen LogP contribution in [0.4, 0.5) is 0 Å². The first-order valence-electron chi connectivity index (χ1n) is 9.10. The summed E-state index contributed by atoms with van der Waals surface area (Å²) in [5, 5.41) is 1.19. The average Bonchev–Trinajstić information content (AvgIpc) is 2.97. The number of hydrogen-bond donors (Lipinski definition) is 1. The van der Waals surface area contributed by atoms with Crippen LogP contribution in [0.25, 0.3) is 10.9 Å². The van der Waals surface area contributed by atoms with Gasteiger partial charge in [0, 0.05) is 31.0 Å². The second-order valence-electron chi connectivity index (χ2n) is 6.71. The van der Waals surface area contributed by atoms with Gasteiger partial charge in [0.05, 0.1) is 13.0 Å². The van der Waals surface area contributed by atoms with E-state index in [-0.39, 0.29) is 24.3 Å². The summed E-state index contributed by atoms with van der Waals surface area (Å²) in [4.78, 5) is 18.3. The third-order valence-electron chi connectivity index (χ3n) is 5.31. The van der Waals surface area contributed by atoms with Gasteiger partial charge in [0.2, 0.25) is 0 Å². The first-order chi connectivity index (χ1) is 11.7. The summed E-state index contributed by atoms with van der Waals surface area (Å²) >= 11 is 0. The number of fused-ring (bicyclic) bond motifs is 5. The largest absolute Gasteiger partial charge is 0.469 e. The van der Waals surface area contributed by atoms with Gasteiger partial charge in [-0.15, -0.1) is 0 Å². The van der Waals surface area contributed by atoms with Gasteiger partial charge in [-0.05, 0) is 49.8 Å². The normalized spacial score (nSPS) is 31.4. The van der Waals surface area contributed by atoms with Crippen molar-refractivity contribution in [3.63, 3.8) is 0 Å². The number of aromatic amines is 1. The lowest BCUT2D eigenvalue weighted by Crippen LogP contribution is -2.36. The molecule has 1 N–H and O–H groups in total. The molecule has 0 radical (unpaired) electrons. The van der Waals surface area contributed by atoms with E-state index in [1.54, 1.807) is 0 Å². The Kier molecular flexibility index (Phi) is 3.55. The van der Waals surface area contributed by atoms with Crippen molar-refractivity contribution >= 4 is 16.9 Å². The van der Waals surface area contributed by atoms with E-state index in [1.165, 1.54) is 18.1 Å². The third kappa shape index (κ3) is 2.65. The minimum absolute atomic E-state index is 0.186. The number of para-hydroxylation sites is 1. The van der Waals surface area contributed by atoms with Crippen molar-refractivity contribution in [2.75, 3.05) is 26.7 Å². The highest BCUT2D eigenvalue weighted by Crippen LogP contribution is 2.36. The van der Waals surface area contributed by atoms with Crippen molar-refractivity contribution < 1.29 is 10.9 Å². The Morgan fingerprint density at radius 3 is 3.13 bits per heavy atom. The summed E-state index contributed by atoms with van der Waals surface area (Å²) in [6.45, 7) is 1.67. The van der Waals surface area contributed by atoms with Gasteiger partial charge in [0.25, 0.3) is 0 Å². The number of nitrogens with one attached hydrogen (secondary N) is 1. The lowest BCUT2D eigenvalue weighted by Gasteiger charge is -2.32. The maximum absolute atomic E-state index is 12.5. The lowest BCUT2D eigenvalue weighted by molar-refractivity contribution is -0.143. The van der Waals surface area contributed by atoms with Gasteiger partial charge in [-0.2, -0.15) is 0 Å². The number of ether oxygens (including phenoxy) is 1. The number of benzene rings is 1. The van der Waals surface area contributed by atoms with Gasteiger partial charge >= 0.3 is 5.97 Å². The van der Waals surface area contributed by atoms with Crippen molar-refractivity contribution in [3.05, 3.63) is 35.5 Å². The van der Waals surface area contributed by atoms with Gasteiger partial charge in [0.1, 0.15) is 0 Å². The molecular weight excluding hydrogens is 288 g/mol. The SMILES string of the molecule is [2H][C@H]1[C@H]2CCCN1CCc1c([nH]c3ccccc13)[C@@H](C(=O)OC)C2. The van der Waals surface area contributed by atoms with E-state index in [2.05, 4.69) is 22.0 Å². The number of hydrogen-bond acceptors (Lipinski definition) is 3. The Hall–Kier alpha value is -1.81. The summed E-state index contributed by atoms with van der Waals surface area (Å²) in [5.74, 6) is -0.262. The number of rotatable bonds is 1. The molecule has 2 aliphatic rings. The zero-order valence-corrected chi connectivity index (χ0v) is 13.5. The molecule has 2 aliphatic heterocycles. The van der Waals surface area contributed by atoms with Crippen LogP contribution in [0.3, 0.4) is 0 Å². The minimum atomic E-state index is -0.298. The summed E-state index contributed by atoms with van der Waals surface area (Å²) in [5.41, 5.74) is 3.31. The van der Waals surface area contributed by atoms with Crippen molar-refractivity contribution in [2.24, 2.45) is 5.92 Å². The van der Waals surface area contributed by atoms with Crippen LogP contribution >= 0.6 is 0 Å². The molecule has 4 heteroatoms. The molecule has 3 heterocycles. The van der Waals surface area contributed by atoms with Crippen LogP contribution in [0, 0.1) is 5.92 Å². The Morgan fingerprint density at radius 2 is 2.26 bits per heavy atom. The molecule has 0 spiro atoms. The summed E-state index contributed by atoms with van der Waals surface area (Å²) in [7, 11) is 1.46. The van der Waals surface area contributed by atoms with Crippen LogP contribution in [0.1, 0.15) is 37.8 Å². The topological polar surface area (TPSA) is 45.3 Å². The molecular formula is C19H24N2O2. The fourth-order valence-electron chi connectivity index (χ4n) is 4.19. The molecule has 1 saturated heterocycles. The van der Waals surface area contributed by atoms with E-state index in [9.17, 15) is 4.79 Å². The predicted molar refractivity (Wildman–Crippen MR) is 90.5 cm³/mol. The number of aromatic nitrogens is 1. The molecule has 2 aromatic rings. The van der Waals surface area contributed by atoms with Crippen LogP contribution in [-0.2, 0) is 16.0 Å². The van der Waals surface area contributed by atoms with Crippen LogP contribution < -0.4 is 0 Å². The number of H-pyrrole nitrogens is 1. The smallest absolute Gasteiger partial charge is 0.314 e. The third-order valence-corrected chi connectivity index (χ3v) is 5.31. The van der Waals surface area contributed by atoms with Crippen LogP contribution in [0.2, 0.25) is 0 Å². The van der Waals surface area contributed by atoms with E-state index in [1.807, 2.05) is 12.1 Å². The standard InChI is InChI=1S/C19H24N2O2/c1-23-19(22)16-11-13-5-4-9-21(12-13)10-8-15-14-6-2-3-7-17(14)20-18(15)16/h2-3,6-7,13,16,20H,4-5,8-12H2,1H3/t13-,16-/m0/s1/i12D/t12-,13-,16-. The van der Waals surface area contributed by atoms with Crippen molar-refractivity contribution in [3.8, 4) is 0 Å². The number of carbonyl (C=O) groups is 1. The number of piperidine rings is 1. The van der Waals surface area contributed by atoms with Crippen LogP contribution in [0.5, 0.6) is 0 Å². The molecule has 122 valence electrons. The highest BCUT2D eigenvalue weighted by Gasteiger charge is 2.33. The van der Waals surface area contributed by atoms with E-state index < -0.39 is 0 Å². The molecule has 1 fully saturated rings. The fraction of sp³-hybridized carbons (Fsp3) is 0.526. The number of carbonyl (C=O) groups excluding carboxylic acids is 1. The highest BCUT2D eigenvalue weighted by atomic mass is 16.5. The van der Waals surface area contributed by atoms with Crippen molar-refractivity contribution in [2.45, 2.75) is 31.6 Å². The number of nitrogens with zero attached hydrogens (tertiary/aromatic N) is 1. The Balaban J connectivity index is 1.84. The lowest BCUT2D eigenvalue weighted by atomic mass is 9.86. The minimum Gasteiger partial charge on any atom is -0.469 e.